The van der Waals surface area contributed by atoms with E-state index in [0.717, 1.165) is 24.8 Å². The molecule has 2 heterocycles. The van der Waals surface area contributed by atoms with Gasteiger partial charge < -0.3 is 24.7 Å². The highest BCUT2D eigenvalue weighted by molar-refractivity contribution is 6.07. The standard InChI is InChI=1S/C26H31N3O4/c1-5-19(6-2)29-15-22(20-12-23(32-3)24(33-4)13-21(20)26(29)31)25(30)28-10-9-16-7-8-18(27)11-17(16)14-28/h7-8,11-13,15,19H,5-6,9-10,14,27H2,1-4H3. The van der Waals surface area contributed by atoms with E-state index >= 15 is 0 Å². The molecule has 0 radical (unpaired) electrons. The summed E-state index contributed by atoms with van der Waals surface area (Å²) in [6, 6.07) is 9.28. The zero-order chi connectivity index (χ0) is 23.7. The predicted molar refractivity (Wildman–Crippen MR) is 130 cm³/mol. The first kappa shape index (κ1) is 22.7. The van der Waals surface area contributed by atoms with Crippen molar-refractivity contribution in [3.63, 3.8) is 0 Å². The second-order valence-corrected chi connectivity index (χ2v) is 8.48. The molecule has 2 N–H and O–H groups in total. The predicted octanol–water partition coefficient (Wildman–Crippen LogP) is 4.16. The van der Waals surface area contributed by atoms with E-state index in [2.05, 4.69) is 0 Å². The van der Waals surface area contributed by atoms with E-state index in [4.69, 9.17) is 15.2 Å². The fourth-order valence-electron chi connectivity index (χ4n) is 4.73. The normalized spacial score (nSPS) is 13.3. The van der Waals surface area contributed by atoms with Crippen LogP contribution in [0.3, 0.4) is 0 Å². The van der Waals surface area contributed by atoms with Crippen molar-refractivity contribution in [2.24, 2.45) is 0 Å². The minimum absolute atomic E-state index is 0.00317. The van der Waals surface area contributed by atoms with Crippen LogP contribution in [0.15, 0.2) is 41.3 Å². The van der Waals surface area contributed by atoms with Crippen LogP contribution in [0, 0.1) is 0 Å². The lowest BCUT2D eigenvalue weighted by molar-refractivity contribution is 0.0735. The Kier molecular flexibility index (Phi) is 6.31. The minimum atomic E-state index is -0.132. The van der Waals surface area contributed by atoms with Crippen LogP contribution < -0.4 is 20.8 Å². The number of carbonyl (C=O) groups is 1. The molecule has 0 saturated carbocycles. The number of ether oxygens (including phenoxy) is 2. The van der Waals surface area contributed by atoms with E-state index in [-0.39, 0.29) is 17.5 Å². The van der Waals surface area contributed by atoms with E-state index in [9.17, 15) is 9.59 Å². The number of fused-ring (bicyclic) bond motifs is 2. The number of hydrogen-bond donors (Lipinski definition) is 1. The quantitative estimate of drug-likeness (QED) is 0.571. The summed E-state index contributed by atoms with van der Waals surface area (Å²) in [5, 5.41) is 1.02. The Morgan fingerprint density at radius 2 is 1.70 bits per heavy atom. The van der Waals surface area contributed by atoms with E-state index in [1.54, 1.807) is 30.0 Å². The molecule has 0 spiro atoms. The Morgan fingerprint density at radius 3 is 2.33 bits per heavy atom. The third-order valence-electron chi connectivity index (χ3n) is 6.64. The summed E-state index contributed by atoms with van der Waals surface area (Å²) in [5.41, 5.74) is 9.30. The smallest absolute Gasteiger partial charge is 0.258 e. The molecule has 7 nitrogen and oxygen atoms in total. The molecule has 174 valence electrons. The van der Waals surface area contributed by atoms with Crippen LogP contribution >= 0.6 is 0 Å². The molecular weight excluding hydrogens is 418 g/mol. The van der Waals surface area contributed by atoms with Gasteiger partial charge in [0.2, 0.25) is 0 Å². The highest BCUT2D eigenvalue weighted by atomic mass is 16.5. The van der Waals surface area contributed by atoms with Crippen molar-refractivity contribution in [1.29, 1.82) is 0 Å². The number of rotatable bonds is 6. The molecule has 0 unspecified atom stereocenters. The van der Waals surface area contributed by atoms with Gasteiger partial charge in [-0.2, -0.15) is 0 Å². The first-order valence-electron chi connectivity index (χ1n) is 11.4. The van der Waals surface area contributed by atoms with Gasteiger partial charge in [-0.05, 0) is 54.7 Å². The van der Waals surface area contributed by atoms with Crippen LogP contribution in [0.25, 0.3) is 10.8 Å². The molecule has 0 bridgehead atoms. The number of amides is 1. The summed E-state index contributed by atoms with van der Waals surface area (Å²) in [5.74, 6) is 0.834. The molecule has 0 aliphatic carbocycles. The average Bonchev–Trinajstić information content (AvgIpc) is 2.84. The lowest BCUT2D eigenvalue weighted by atomic mass is 9.97. The monoisotopic (exact) mass is 449 g/mol. The number of methoxy groups -OCH3 is 2. The fraction of sp³-hybridized carbons (Fsp3) is 0.385. The number of hydrogen-bond acceptors (Lipinski definition) is 5. The molecule has 4 rings (SSSR count). The minimum Gasteiger partial charge on any atom is -0.493 e. The summed E-state index contributed by atoms with van der Waals surface area (Å²) < 4.78 is 12.6. The topological polar surface area (TPSA) is 86.8 Å². The number of nitrogens with zero attached hydrogens (tertiary/aromatic N) is 2. The zero-order valence-electron chi connectivity index (χ0n) is 19.7. The molecule has 0 saturated heterocycles. The van der Waals surface area contributed by atoms with Crippen molar-refractivity contribution < 1.29 is 14.3 Å². The molecule has 0 fully saturated rings. The highest BCUT2D eigenvalue weighted by Gasteiger charge is 2.26. The first-order chi connectivity index (χ1) is 15.9. The Morgan fingerprint density at radius 1 is 1.03 bits per heavy atom. The number of pyridine rings is 1. The molecule has 1 aliphatic heterocycles. The molecule has 3 aromatic rings. The lowest BCUT2D eigenvalue weighted by Gasteiger charge is -2.30. The molecule has 1 amide bonds. The van der Waals surface area contributed by atoms with Crippen LogP contribution in [-0.2, 0) is 13.0 Å². The molecule has 7 heteroatoms. The maximum absolute atomic E-state index is 13.8. The Hall–Kier alpha value is -3.48. The van der Waals surface area contributed by atoms with E-state index in [0.29, 0.717) is 46.6 Å². The fourth-order valence-corrected chi connectivity index (χ4v) is 4.73. The number of benzene rings is 2. The van der Waals surface area contributed by atoms with Crippen LogP contribution in [0.2, 0.25) is 0 Å². The van der Waals surface area contributed by atoms with E-state index in [1.807, 2.05) is 36.9 Å². The Labute approximate surface area is 193 Å². The molecule has 0 atom stereocenters. The first-order valence-corrected chi connectivity index (χ1v) is 11.4. The largest absolute Gasteiger partial charge is 0.493 e. The molecule has 1 aliphatic rings. The van der Waals surface area contributed by atoms with Gasteiger partial charge in [0.15, 0.2) is 11.5 Å². The summed E-state index contributed by atoms with van der Waals surface area (Å²) >= 11 is 0. The maximum atomic E-state index is 13.8. The maximum Gasteiger partial charge on any atom is 0.258 e. The zero-order valence-corrected chi connectivity index (χ0v) is 19.7. The van der Waals surface area contributed by atoms with Crippen molar-refractivity contribution >= 4 is 22.4 Å². The van der Waals surface area contributed by atoms with Crippen LogP contribution in [0.1, 0.15) is 54.2 Å². The molecular formula is C26H31N3O4. The number of anilines is 1. The summed E-state index contributed by atoms with van der Waals surface area (Å²) in [6.45, 7) is 5.19. The van der Waals surface area contributed by atoms with Crippen molar-refractivity contribution in [3.8, 4) is 11.5 Å². The lowest BCUT2D eigenvalue weighted by Crippen LogP contribution is -2.37. The average molecular weight is 450 g/mol. The Bertz CT molecular complexity index is 1260. The summed E-state index contributed by atoms with van der Waals surface area (Å²) in [7, 11) is 3.08. The van der Waals surface area contributed by atoms with Crippen LogP contribution in [0.4, 0.5) is 5.69 Å². The van der Waals surface area contributed by atoms with Crippen molar-refractivity contribution in [2.75, 3.05) is 26.5 Å². The van der Waals surface area contributed by atoms with Crippen LogP contribution in [0.5, 0.6) is 11.5 Å². The SMILES string of the molecule is CCC(CC)n1cc(C(=O)N2CCc3ccc(N)cc3C2)c2cc(OC)c(OC)cc2c1=O. The number of nitrogen functional groups attached to an aromatic ring is 1. The van der Waals surface area contributed by atoms with Gasteiger partial charge in [-0.15, -0.1) is 0 Å². The van der Waals surface area contributed by atoms with Gasteiger partial charge in [-0.25, -0.2) is 0 Å². The van der Waals surface area contributed by atoms with Gasteiger partial charge in [0.05, 0.1) is 25.2 Å². The van der Waals surface area contributed by atoms with E-state index < -0.39 is 0 Å². The number of aromatic nitrogens is 1. The second kappa shape index (κ2) is 9.17. The highest BCUT2D eigenvalue weighted by Crippen LogP contribution is 2.34. The van der Waals surface area contributed by atoms with Gasteiger partial charge in [0.1, 0.15) is 0 Å². The van der Waals surface area contributed by atoms with Crippen molar-refractivity contribution in [3.05, 3.63) is 63.6 Å². The molecule has 2 aromatic carbocycles. The van der Waals surface area contributed by atoms with Gasteiger partial charge in [-0.1, -0.05) is 19.9 Å². The van der Waals surface area contributed by atoms with Gasteiger partial charge in [0.25, 0.3) is 11.5 Å². The summed E-state index contributed by atoms with van der Waals surface area (Å²) in [6.07, 6.45) is 4.08. The van der Waals surface area contributed by atoms with Crippen molar-refractivity contribution in [2.45, 2.75) is 45.7 Å². The number of nitrogens with two attached hydrogens (primary N) is 1. The molecule has 1 aromatic heterocycles. The third kappa shape index (κ3) is 4.03. The third-order valence-corrected chi connectivity index (χ3v) is 6.64. The summed E-state index contributed by atoms with van der Waals surface area (Å²) in [4.78, 5) is 29.1. The molecule has 33 heavy (non-hydrogen) atoms. The van der Waals surface area contributed by atoms with Crippen molar-refractivity contribution in [1.82, 2.24) is 9.47 Å². The van der Waals surface area contributed by atoms with Gasteiger partial charge >= 0.3 is 0 Å². The number of carbonyl (C=O) groups excluding carboxylic acids is 1. The Balaban J connectivity index is 1.88. The van der Waals surface area contributed by atoms with Crippen LogP contribution in [-0.4, -0.2) is 36.1 Å². The second-order valence-electron chi connectivity index (χ2n) is 8.48. The van der Waals surface area contributed by atoms with Gasteiger partial charge in [-0.3, -0.25) is 9.59 Å². The van der Waals surface area contributed by atoms with Gasteiger partial charge in [0, 0.05) is 36.4 Å². The van der Waals surface area contributed by atoms with E-state index in [1.165, 1.54) is 12.7 Å².